The van der Waals surface area contributed by atoms with Crippen LogP contribution in [0.5, 0.6) is 0 Å². The van der Waals surface area contributed by atoms with Crippen molar-refractivity contribution < 1.29 is 80.2 Å². The zero-order valence-corrected chi connectivity index (χ0v) is 73.7. The maximum absolute atomic E-state index is 13.2. The Morgan fingerprint density at radius 2 is 0.422 bits per heavy atom. The summed E-state index contributed by atoms with van der Waals surface area (Å²) >= 11 is 0. The summed E-state index contributed by atoms with van der Waals surface area (Å²) in [6, 6.07) is 0. The normalized spacial score (nSPS) is 13.8. The van der Waals surface area contributed by atoms with Crippen molar-refractivity contribution in [1.82, 2.24) is 0 Å². The Kier molecular flexibility index (Phi) is 79.8. The number of phosphoric ester groups is 2. The maximum Gasteiger partial charge on any atom is 0.472 e. The number of esters is 4. The fraction of sp³-hybridized carbons (Fsp3) is 0.956. The van der Waals surface area contributed by atoms with Gasteiger partial charge in [-0.2, -0.15) is 0 Å². The molecule has 0 saturated carbocycles. The summed E-state index contributed by atoms with van der Waals surface area (Å²) in [4.78, 5) is 73.4. The molecule has 0 saturated heterocycles. The average molecular weight is 1590 g/mol. The van der Waals surface area contributed by atoms with Crippen molar-refractivity contribution in [3.8, 4) is 0 Å². The van der Waals surface area contributed by atoms with Crippen LogP contribution in [0.3, 0.4) is 0 Å². The minimum absolute atomic E-state index is 0.109. The van der Waals surface area contributed by atoms with E-state index >= 15 is 0 Å². The third kappa shape index (κ3) is 83.8. The summed E-state index contributed by atoms with van der Waals surface area (Å²) in [5.41, 5.74) is 0. The van der Waals surface area contributed by atoms with Crippen LogP contribution < -0.4 is 0 Å². The molecule has 0 rings (SSSR count). The summed E-state index contributed by atoms with van der Waals surface area (Å²) in [7, 11) is -9.94. The molecule has 0 amide bonds. The van der Waals surface area contributed by atoms with Crippen LogP contribution in [-0.4, -0.2) is 96.7 Å². The van der Waals surface area contributed by atoms with Crippen molar-refractivity contribution >= 4 is 39.5 Å². The quantitative estimate of drug-likeness (QED) is 0.0222. The Bertz CT molecular complexity index is 2080. The topological polar surface area (TPSA) is 237 Å². The molecule has 3 N–H and O–H groups in total. The molecule has 0 spiro atoms. The van der Waals surface area contributed by atoms with Crippen LogP contribution in [0.1, 0.15) is 485 Å². The van der Waals surface area contributed by atoms with Gasteiger partial charge in [-0.05, 0) is 37.5 Å². The average Bonchev–Trinajstić information content (AvgIpc) is 0.900. The van der Waals surface area contributed by atoms with Crippen LogP contribution >= 0.6 is 15.6 Å². The molecule has 0 aromatic carbocycles. The first-order valence-corrected chi connectivity index (χ1v) is 49.5. The Labute approximate surface area is 670 Å². The van der Waals surface area contributed by atoms with E-state index in [9.17, 15) is 43.2 Å². The molecule has 0 aliphatic rings. The van der Waals surface area contributed by atoms with Crippen molar-refractivity contribution in [2.45, 2.75) is 503 Å². The smallest absolute Gasteiger partial charge is 0.462 e. The standard InChI is InChI=1S/C90H176O17P2/c1-7-9-11-13-15-17-19-21-23-25-27-29-34-38-42-48-54-60-66-72-87(92)100-78-85(106-89(94)75-69-63-57-50-44-40-36-32-31-33-37-41-46-52-58-64-70-82(3)4)80-104-108(96,97)102-76-84(91)77-103-109(98,99)105-81-86(79-101-88(93)73-67-61-55-51-45-47-53-59-65-71-83(5)6)107-90(95)74-68-62-56-49-43-39-35-30-28-26-24-22-20-18-16-14-12-10-8-2/h82-86,91H,7-81H2,1-6H3,(H,96,97)(H,98,99)/t84-,85-,86-/m1/s1. The van der Waals surface area contributed by atoms with Gasteiger partial charge in [0.25, 0.3) is 0 Å². The number of hydrogen-bond acceptors (Lipinski definition) is 15. The molecule has 2 unspecified atom stereocenters. The van der Waals surface area contributed by atoms with Gasteiger partial charge in [0.2, 0.25) is 0 Å². The summed E-state index contributed by atoms with van der Waals surface area (Å²) in [5, 5.41) is 10.7. The number of ether oxygens (including phenoxy) is 4. The highest BCUT2D eigenvalue weighted by Crippen LogP contribution is 2.45. The van der Waals surface area contributed by atoms with Gasteiger partial charge in [-0.3, -0.25) is 37.3 Å². The summed E-state index contributed by atoms with van der Waals surface area (Å²) in [6.45, 7) is 9.71. The molecule has 0 radical (unpaired) electrons. The summed E-state index contributed by atoms with van der Waals surface area (Å²) < 4.78 is 69.1. The van der Waals surface area contributed by atoms with Crippen LogP contribution in [0.25, 0.3) is 0 Å². The number of carbonyl (C=O) groups excluding carboxylic acids is 4. The third-order valence-corrected chi connectivity index (χ3v) is 23.1. The van der Waals surface area contributed by atoms with E-state index in [4.69, 9.17) is 37.0 Å². The Balaban J connectivity index is 5.25. The number of phosphoric acid groups is 2. The van der Waals surface area contributed by atoms with Gasteiger partial charge < -0.3 is 33.8 Å². The van der Waals surface area contributed by atoms with Gasteiger partial charge in [0.15, 0.2) is 12.2 Å². The van der Waals surface area contributed by atoms with Crippen LogP contribution in [0.2, 0.25) is 0 Å². The number of aliphatic hydroxyl groups is 1. The van der Waals surface area contributed by atoms with Crippen molar-refractivity contribution in [2.24, 2.45) is 11.8 Å². The third-order valence-electron chi connectivity index (χ3n) is 21.2. The van der Waals surface area contributed by atoms with E-state index in [0.717, 1.165) is 102 Å². The molecule has 0 heterocycles. The second-order valence-electron chi connectivity index (χ2n) is 33.3. The molecule has 648 valence electrons. The lowest BCUT2D eigenvalue weighted by molar-refractivity contribution is -0.161. The van der Waals surface area contributed by atoms with Crippen LogP contribution in [0.15, 0.2) is 0 Å². The number of hydrogen-bond donors (Lipinski definition) is 3. The molecule has 109 heavy (non-hydrogen) atoms. The van der Waals surface area contributed by atoms with E-state index in [1.807, 2.05) is 0 Å². The van der Waals surface area contributed by atoms with Gasteiger partial charge in [-0.25, -0.2) is 9.13 Å². The minimum atomic E-state index is -4.97. The van der Waals surface area contributed by atoms with E-state index in [-0.39, 0.29) is 25.7 Å². The highest BCUT2D eigenvalue weighted by molar-refractivity contribution is 7.47. The molecular formula is C90H176O17P2. The lowest BCUT2D eigenvalue weighted by Crippen LogP contribution is -2.30. The lowest BCUT2D eigenvalue weighted by atomic mass is 10.0. The molecular weight excluding hydrogens is 1410 g/mol. The molecule has 5 atom stereocenters. The van der Waals surface area contributed by atoms with Crippen molar-refractivity contribution in [1.29, 1.82) is 0 Å². The predicted octanol–water partition coefficient (Wildman–Crippen LogP) is 27.8. The monoisotopic (exact) mass is 1590 g/mol. The fourth-order valence-electron chi connectivity index (χ4n) is 14.1. The molecule has 0 bridgehead atoms. The molecule has 0 aromatic rings. The van der Waals surface area contributed by atoms with Gasteiger partial charge in [0.05, 0.1) is 26.4 Å². The Morgan fingerprint density at radius 1 is 0.248 bits per heavy atom. The zero-order valence-electron chi connectivity index (χ0n) is 71.9. The minimum Gasteiger partial charge on any atom is -0.462 e. The van der Waals surface area contributed by atoms with Crippen molar-refractivity contribution in [2.75, 3.05) is 39.6 Å². The van der Waals surface area contributed by atoms with Gasteiger partial charge in [0, 0.05) is 25.7 Å². The van der Waals surface area contributed by atoms with Crippen LogP contribution in [0, 0.1) is 11.8 Å². The number of aliphatic hydroxyl groups excluding tert-OH is 1. The SMILES string of the molecule is CCCCCCCCCCCCCCCCCCCCCC(=O)OC[C@H](COP(=O)(O)OC[C@@H](O)COP(=O)(O)OC[C@@H](COC(=O)CCCCCCCCCCCC(C)C)OC(=O)CCCCCCCCCCCCCCCCCCCCC)OC(=O)CCCCCCCCCCCCCCCCCCC(C)C. The van der Waals surface area contributed by atoms with Crippen LogP contribution in [0.4, 0.5) is 0 Å². The van der Waals surface area contributed by atoms with Gasteiger partial charge in [-0.1, -0.05) is 433 Å². The first kappa shape index (κ1) is 107. The number of unbranched alkanes of at least 4 members (excludes halogenated alkanes) is 59. The second kappa shape index (κ2) is 81.2. The van der Waals surface area contributed by atoms with Gasteiger partial charge in [0.1, 0.15) is 19.3 Å². The first-order chi connectivity index (χ1) is 52.9. The Hall–Kier alpha value is -1.94. The van der Waals surface area contributed by atoms with E-state index < -0.39 is 97.5 Å². The van der Waals surface area contributed by atoms with Gasteiger partial charge >= 0.3 is 39.5 Å². The molecule has 0 aliphatic heterocycles. The van der Waals surface area contributed by atoms with E-state index in [1.165, 1.54) is 302 Å². The van der Waals surface area contributed by atoms with E-state index in [0.29, 0.717) is 25.7 Å². The largest absolute Gasteiger partial charge is 0.472 e. The number of carbonyl (C=O) groups is 4. The molecule has 17 nitrogen and oxygen atoms in total. The first-order valence-electron chi connectivity index (χ1n) is 46.5. The van der Waals surface area contributed by atoms with E-state index in [1.54, 1.807) is 0 Å². The molecule has 0 aliphatic carbocycles. The maximum atomic E-state index is 13.2. The number of rotatable bonds is 89. The van der Waals surface area contributed by atoms with Crippen LogP contribution in [-0.2, 0) is 65.4 Å². The second-order valence-corrected chi connectivity index (χ2v) is 36.2. The summed E-state index contributed by atoms with van der Waals surface area (Å²) in [5.74, 6) is -0.544. The molecule has 19 heteroatoms. The van der Waals surface area contributed by atoms with E-state index in [2.05, 4.69) is 41.5 Å². The highest BCUT2D eigenvalue weighted by atomic mass is 31.2. The Morgan fingerprint density at radius 3 is 0.624 bits per heavy atom. The van der Waals surface area contributed by atoms with Crippen molar-refractivity contribution in [3.63, 3.8) is 0 Å². The predicted molar refractivity (Wildman–Crippen MR) is 451 cm³/mol. The lowest BCUT2D eigenvalue weighted by Gasteiger charge is -2.21. The highest BCUT2D eigenvalue weighted by Gasteiger charge is 2.31. The zero-order chi connectivity index (χ0) is 79.9. The molecule has 0 aromatic heterocycles. The molecule has 0 fully saturated rings. The van der Waals surface area contributed by atoms with Crippen molar-refractivity contribution in [3.05, 3.63) is 0 Å². The van der Waals surface area contributed by atoms with Gasteiger partial charge in [-0.15, -0.1) is 0 Å². The fourth-order valence-corrected chi connectivity index (χ4v) is 15.7. The summed E-state index contributed by atoms with van der Waals surface area (Å²) in [6.07, 6.45) is 75.0.